The van der Waals surface area contributed by atoms with Gasteiger partial charge in [0.1, 0.15) is 24.2 Å². The van der Waals surface area contributed by atoms with E-state index in [2.05, 4.69) is 42.5 Å². The number of hydrogen-bond acceptors (Lipinski definition) is 10. The number of nitrogens with zero attached hydrogens (tertiary/aromatic N) is 2. The second-order valence-electron chi connectivity index (χ2n) is 21.0. The molecule has 0 bridgehead atoms. The van der Waals surface area contributed by atoms with Crippen LogP contribution >= 0.6 is 24.8 Å². The molecule has 0 saturated carbocycles. The van der Waals surface area contributed by atoms with Crippen LogP contribution in [0.3, 0.4) is 0 Å². The van der Waals surface area contributed by atoms with Crippen LogP contribution in [0.25, 0.3) is 0 Å². The number of carbonyl (C=O) groups is 8. The van der Waals surface area contributed by atoms with Crippen LogP contribution in [-0.2, 0) is 28.8 Å². The largest absolute Gasteiger partial charge is 0.350 e. The van der Waals surface area contributed by atoms with E-state index in [0.29, 0.717) is 38.8 Å². The monoisotopic (exact) mass is 1060 g/mol. The summed E-state index contributed by atoms with van der Waals surface area (Å²) in [7, 11) is 3.32. The topological polar surface area (TPSA) is 239 Å². The zero-order valence-corrected chi connectivity index (χ0v) is 46.0. The van der Waals surface area contributed by atoms with Crippen LogP contribution in [0, 0.1) is 10.8 Å². The summed E-state index contributed by atoms with van der Waals surface area (Å²) in [5.41, 5.74) is 0.545. The van der Waals surface area contributed by atoms with Gasteiger partial charge < -0.3 is 52.3 Å². The molecule has 2 saturated heterocycles. The van der Waals surface area contributed by atoms with Crippen molar-refractivity contribution in [3.8, 4) is 0 Å². The Labute approximate surface area is 448 Å². The minimum absolute atomic E-state index is 0. The number of halogens is 2. The van der Waals surface area contributed by atoms with Gasteiger partial charge >= 0.3 is 0 Å². The van der Waals surface area contributed by atoms with E-state index in [1.54, 1.807) is 46.1 Å². The maximum atomic E-state index is 14.1. The molecule has 8 N–H and O–H groups in total. The summed E-state index contributed by atoms with van der Waals surface area (Å²) < 4.78 is 0. The molecule has 0 radical (unpaired) electrons. The highest BCUT2D eigenvalue weighted by atomic mass is 35.5. The molecule has 20 heteroatoms. The molecule has 3 aromatic carbocycles. The summed E-state index contributed by atoms with van der Waals surface area (Å²) in [6.07, 6.45) is 2.04. The second-order valence-corrected chi connectivity index (χ2v) is 21.0. The van der Waals surface area contributed by atoms with Crippen molar-refractivity contribution in [2.24, 2.45) is 10.8 Å². The van der Waals surface area contributed by atoms with Gasteiger partial charge in [-0.05, 0) is 93.8 Å². The van der Waals surface area contributed by atoms with Crippen LogP contribution in [0.1, 0.15) is 125 Å². The predicted molar refractivity (Wildman–Crippen MR) is 290 cm³/mol. The number of hydrogen-bond donors (Lipinski definition) is 8. The molecule has 5 rings (SSSR count). The molecular formula is C54H78Cl2N10O8. The second kappa shape index (κ2) is 28.0. The first-order valence-corrected chi connectivity index (χ1v) is 25.0. The quantitative estimate of drug-likeness (QED) is 0.0811. The fourth-order valence-corrected chi connectivity index (χ4v) is 8.84. The lowest BCUT2D eigenvalue weighted by molar-refractivity contribution is -0.144. The average Bonchev–Trinajstić information content (AvgIpc) is 4.08. The fraction of sp³-hybridized carbons (Fsp3) is 0.519. The summed E-state index contributed by atoms with van der Waals surface area (Å²) in [6.45, 7) is 15.3. The number of amides is 8. The zero-order valence-electron chi connectivity index (χ0n) is 44.3. The predicted octanol–water partition coefficient (Wildman–Crippen LogP) is 3.96. The fourth-order valence-electron chi connectivity index (χ4n) is 8.84. The molecule has 18 nitrogen and oxygen atoms in total. The molecule has 0 aliphatic carbocycles. The van der Waals surface area contributed by atoms with E-state index < -0.39 is 71.0 Å². The van der Waals surface area contributed by atoms with Crippen molar-refractivity contribution in [1.29, 1.82) is 0 Å². The molecular weight excluding hydrogens is 988 g/mol. The molecule has 2 heterocycles. The van der Waals surface area contributed by atoms with Crippen LogP contribution in [0.5, 0.6) is 0 Å². The first-order chi connectivity index (χ1) is 34.0. The van der Waals surface area contributed by atoms with Crippen LogP contribution in [-0.4, -0.2) is 134 Å². The van der Waals surface area contributed by atoms with E-state index in [1.807, 2.05) is 102 Å². The zero-order chi connectivity index (χ0) is 52.9. The average molecular weight is 1070 g/mol. The Hall–Kier alpha value is -6.08. The van der Waals surface area contributed by atoms with Crippen LogP contribution < -0.4 is 42.5 Å². The number of nitrogens with one attached hydrogen (secondary N) is 8. The van der Waals surface area contributed by atoms with Crippen LogP contribution in [0.4, 0.5) is 0 Å². The number of carbonyl (C=O) groups excluding carboxylic acids is 8. The first kappa shape index (κ1) is 62.2. The van der Waals surface area contributed by atoms with Crippen molar-refractivity contribution in [3.63, 3.8) is 0 Å². The van der Waals surface area contributed by atoms with Crippen LogP contribution in [0.2, 0.25) is 0 Å². The number of likely N-dealkylation sites (tertiary alicyclic amines) is 2. The van der Waals surface area contributed by atoms with E-state index in [4.69, 9.17) is 0 Å². The molecule has 0 spiro atoms. The minimum Gasteiger partial charge on any atom is -0.350 e. The third-order valence-electron chi connectivity index (χ3n) is 13.5. The molecule has 2 aliphatic rings. The van der Waals surface area contributed by atoms with Crippen molar-refractivity contribution < 1.29 is 38.4 Å². The van der Waals surface area contributed by atoms with E-state index in [1.165, 1.54) is 15.9 Å². The molecule has 8 amide bonds. The summed E-state index contributed by atoms with van der Waals surface area (Å²) >= 11 is 0. The Morgan fingerprint density at radius 2 is 0.878 bits per heavy atom. The van der Waals surface area contributed by atoms with Gasteiger partial charge in [-0.2, -0.15) is 0 Å². The maximum absolute atomic E-state index is 14.1. The van der Waals surface area contributed by atoms with Crippen molar-refractivity contribution in [2.75, 3.05) is 40.3 Å². The van der Waals surface area contributed by atoms with Crippen molar-refractivity contribution in [2.45, 2.75) is 129 Å². The van der Waals surface area contributed by atoms with Gasteiger partial charge in [-0.1, -0.05) is 108 Å². The third kappa shape index (κ3) is 16.5. The summed E-state index contributed by atoms with van der Waals surface area (Å²) in [4.78, 5) is 113. The smallest absolute Gasteiger partial charge is 0.251 e. The standard InChI is InChI=1S/C54H76N10O8.2ClH/c1-33(55-9)45(65)61-43(53(3,4)5)51(71)63-28-18-26-41(63)49(69)59-39(35-20-13-11-14-21-35)31-57-47(67)37-24-17-25-38(30-37)48(68)58-32-40(36-22-15-12-16-23-36)60-50(70)42-27-19-29-64(42)52(72)44(54(6,7)8)62-46(66)34(2)56-10;;/h11-17,20-25,30,33-34,39-44,55-56H,18-19,26-29,31-32H2,1-10H3,(H,57,67)(H,58,68)(H,59,69)(H,60,70)(H,61,65)(H,62,66);2*1H/t33-,34-,39+,40+,41-,42-,43+,44+;;/m0../s1. The molecule has 2 fully saturated rings. The van der Waals surface area contributed by atoms with E-state index in [-0.39, 0.29) is 84.5 Å². The Morgan fingerprint density at radius 3 is 1.20 bits per heavy atom. The van der Waals surface area contributed by atoms with Gasteiger partial charge in [0.25, 0.3) is 11.8 Å². The van der Waals surface area contributed by atoms with Gasteiger partial charge in [0.15, 0.2) is 0 Å². The summed E-state index contributed by atoms with van der Waals surface area (Å²) in [5.74, 6) is -3.11. The highest BCUT2D eigenvalue weighted by molar-refractivity contribution is 6.00. The van der Waals surface area contributed by atoms with Crippen molar-refractivity contribution in [3.05, 3.63) is 107 Å². The van der Waals surface area contributed by atoms with Gasteiger partial charge in [-0.15, -0.1) is 24.8 Å². The number of benzene rings is 3. The molecule has 74 heavy (non-hydrogen) atoms. The Kier molecular flexibility index (Phi) is 23.5. The Balaban J connectivity index is 0.00000722. The van der Waals surface area contributed by atoms with E-state index >= 15 is 0 Å². The minimum atomic E-state index is -0.878. The normalized spacial score (nSPS) is 17.9. The molecule has 2 aliphatic heterocycles. The summed E-state index contributed by atoms with van der Waals surface area (Å²) in [6, 6.07) is 18.7. The van der Waals surface area contributed by atoms with Crippen molar-refractivity contribution in [1.82, 2.24) is 52.3 Å². The molecule has 0 aromatic heterocycles. The summed E-state index contributed by atoms with van der Waals surface area (Å²) in [5, 5.41) is 23.5. The van der Waals surface area contributed by atoms with E-state index in [9.17, 15) is 38.4 Å². The van der Waals surface area contributed by atoms with E-state index in [0.717, 1.165) is 11.1 Å². The maximum Gasteiger partial charge on any atom is 0.251 e. The molecule has 3 aromatic rings. The molecule has 406 valence electrons. The number of rotatable bonds is 20. The van der Waals surface area contributed by atoms with Gasteiger partial charge in [0.2, 0.25) is 35.4 Å². The highest BCUT2D eigenvalue weighted by Gasteiger charge is 2.44. The molecule has 8 atom stereocenters. The Bertz CT molecular complexity index is 2240. The third-order valence-corrected chi connectivity index (χ3v) is 13.5. The lowest BCUT2D eigenvalue weighted by Gasteiger charge is -2.36. The van der Waals surface area contributed by atoms with Gasteiger partial charge in [-0.25, -0.2) is 0 Å². The highest BCUT2D eigenvalue weighted by Crippen LogP contribution is 2.29. The van der Waals surface area contributed by atoms with Crippen LogP contribution in [0.15, 0.2) is 84.9 Å². The Morgan fingerprint density at radius 1 is 0.527 bits per heavy atom. The first-order valence-electron chi connectivity index (χ1n) is 25.0. The lowest BCUT2D eigenvalue weighted by atomic mass is 9.85. The van der Waals surface area contributed by atoms with Gasteiger partial charge in [0, 0.05) is 37.3 Å². The van der Waals surface area contributed by atoms with Crippen molar-refractivity contribution >= 4 is 72.1 Å². The molecule has 0 unspecified atom stereocenters. The lowest BCUT2D eigenvalue weighted by Crippen LogP contribution is -2.59. The SMILES string of the molecule is CN[C@@H](C)C(=O)N[C@H](C(=O)N1CCC[C@H]1C(=O)N[C@H](CNC(=O)c1cccc(C(=O)NC[C@@H](NC(=O)[C@@H]2CCCN2C(=O)[C@@H](NC(=O)[C@H](C)NC)C(C)(C)C)c2ccccc2)c1)c1ccccc1)C(C)(C)C.Cl.Cl. The van der Waals surface area contributed by atoms with Gasteiger partial charge in [-0.3, -0.25) is 38.4 Å². The number of likely N-dealkylation sites (N-methyl/N-ethyl adjacent to an activating group) is 2. The van der Waals surface area contributed by atoms with Gasteiger partial charge in [0.05, 0.1) is 24.2 Å².